The lowest BCUT2D eigenvalue weighted by Crippen LogP contribution is -2.50. The monoisotopic (exact) mass is 458 g/mol. The Kier molecular flexibility index (Phi) is 7.04. The molecule has 7 heteroatoms. The van der Waals surface area contributed by atoms with Crippen molar-refractivity contribution in [3.05, 3.63) is 64.1 Å². The molecule has 29 heavy (non-hydrogen) atoms. The first-order valence-corrected chi connectivity index (χ1v) is 10.3. The Morgan fingerprint density at radius 2 is 1.38 bits per heavy atom. The quantitative estimate of drug-likeness (QED) is 0.622. The lowest BCUT2D eigenvalue weighted by molar-refractivity contribution is -0.132. The number of carbonyl (C=O) groups is 3. The maximum Gasteiger partial charge on any atom is 0.253 e. The number of hydrogen-bond donors (Lipinski definition) is 0. The van der Waals surface area contributed by atoms with Gasteiger partial charge in [0.15, 0.2) is 5.78 Å². The van der Waals surface area contributed by atoms with E-state index in [0.717, 1.165) is 4.47 Å². The van der Waals surface area contributed by atoms with Gasteiger partial charge in [-0.2, -0.15) is 0 Å². The van der Waals surface area contributed by atoms with Crippen LogP contribution in [0.2, 0.25) is 0 Å². The minimum Gasteiger partial charge on any atom is -0.497 e. The van der Waals surface area contributed by atoms with Gasteiger partial charge in [-0.25, -0.2) is 0 Å². The summed E-state index contributed by atoms with van der Waals surface area (Å²) in [6, 6.07) is 14.1. The number of hydrogen-bond acceptors (Lipinski definition) is 4. The van der Waals surface area contributed by atoms with Gasteiger partial charge in [-0.15, -0.1) is 0 Å². The van der Waals surface area contributed by atoms with Gasteiger partial charge < -0.3 is 14.5 Å². The second-order valence-electron chi connectivity index (χ2n) is 6.83. The molecule has 1 aliphatic heterocycles. The minimum absolute atomic E-state index is 0.0424. The van der Waals surface area contributed by atoms with Gasteiger partial charge in [0.2, 0.25) is 5.91 Å². The Morgan fingerprint density at radius 1 is 0.828 bits per heavy atom. The number of nitrogens with zero attached hydrogens (tertiary/aromatic N) is 2. The Hall–Kier alpha value is -2.67. The predicted octanol–water partition coefficient (Wildman–Crippen LogP) is 3.41. The van der Waals surface area contributed by atoms with Gasteiger partial charge in [0.25, 0.3) is 5.91 Å². The molecule has 1 fully saturated rings. The molecule has 152 valence electrons. The largest absolute Gasteiger partial charge is 0.497 e. The molecule has 0 bridgehead atoms. The Bertz CT molecular complexity index is 873. The average Bonchev–Trinajstić information content (AvgIpc) is 2.77. The van der Waals surface area contributed by atoms with Crippen molar-refractivity contribution in [2.75, 3.05) is 33.3 Å². The van der Waals surface area contributed by atoms with Crippen LogP contribution < -0.4 is 4.74 Å². The SMILES string of the molecule is COc1ccc(C(=O)N2CCN(C(=O)CCC(=O)c3ccc(Br)cc3)CC2)cc1. The summed E-state index contributed by atoms with van der Waals surface area (Å²) in [7, 11) is 1.58. The number of carbonyl (C=O) groups excluding carboxylic acids is 3. The van der Waals surface area contributed by atoms with Crippen molar-refractivity contribution < 1.29 is 19.1 Å². The molecule has 0 unspecified atom stereocenters. The molecule has 6 nitrogen and oxygen atoms in total. The Morgan fingerprint density at radius 3 is 1.97 bits per heavy atom. The molecular formula is C22H23BrN2O4. The first-order valence-electron chi connectivity index (χ1n) is 9.48. The van der Waals surface area contributed by atoms with Crippen molar-refractivity contribution in [1.29, 1.82) is 0 Å². The van der Waals surface area contributed by atoms with Crippen molar-refractivity contribution >= 4 is 33.5 Å². The highest BCUT2D eigenvalue weighted by Gasteiger charge is 2.25. The van der Waals surface area contributed by atoms with Crippen LogP contribution in [0.5, 0.6) is 5.75 Å². The summed E-state index contributed by atoms with van der Waals surface area (Å²) in [5.41, 5.74) is 1.21. The van der Waals surface area contributed by atoms with Crippen LogP contribution in [0.3, 0.4) is 0 Å². The van der Waals surface area contributed by atoms with E-state index in [9.17, 15) is 14.4 Å². The smallest absolute Gasteiger partial charge is 0.253 e. The summed E-state index contributed by atoms with van der Waals surface area (Å²) in [5, 5.41) is 0. The molecule has 1 aliphatic rings. The zero-order valence-electron chi connectivity index (χ0n) is 16.3. The summed E-state index contributed by atoms with van der Waals surface area (Å²) < 4.78 is 6.02. The third kappa shape index (κ3) is 5.44. The standard InChI is InChI=1S/C22H23BrN2O4/c1-29-19-8-4-17(5-9-19)22(28)25-14-12-24(13-15-25)21(27)11-10-20(26)16-2-6-18(23)7-3-16/h2-9H,10-15H2,1H3. The molecule has 0 radical (unpaired) electrons. The van der Waals surface area contributed by atoms with E-state index in [-0.39, 0.29) is 30.4 Å². The van der Waals surface area contributed by atoms with Gasteiger partial charge in [0.1, 0.15) is 5.75 Å². The number of methoxy groups -OCH3 is 1. The number of ether oxygens (including phenoxy) is 1. The topological polar surface area (TPSA) is 66.9 Å². The van der Waals surface area contributed by atoms with Gasteiger partial charge in [0.05, 0.1) is 7.11 Å². The van der Waals surface area contributed by atoms with Crippen LogP contribution in [0.1, 0.15) is 33.6 Å². The van der Waals surface area contributed by atoms with E-state index in [2.05, 4.69) is 15.9 Å². The normalized spacial score (nSPS) is 13.9. The van der Waals surface area contributed by atoms with Gasteiger partial charge in [0, 0.05) is 54.6 Å². The van der Waals surface area contributed by atoms with Crippen LogP contribution >= 0.6 is 15.9 Å². The fourth-order valence-electron chi connectivity index (χ4n) is 3.23. The fraction of sp³-hybridized carbons (Fsp3) is 0.318. The minimum atomic E-state index is -0.0508. The molecule has 2 amide bonds. The van der Waals surface area contributed by atoms with Crippen molar-refractivity contribution in [2.45, 2.75) is 12.8 Å². The van der Waals surface area contributed by atoms with E-state index in [0.29, 0.717) is 43.1 Å². The van der Waals surface area contributed by atoms with Gasteiger partial charge in [-0.1, -0.05) is 28.1 Å². The molecule has 0 aromatic heterocycles. The summed E-state index contributed by atoms with van der Waals surface area (Å²) in [4.78, 5) is 40.8. The van der Waals surface area contributed by atoms with Gasteiger partial charge in [-0.3, -0.25) is 14.4 Å². The third-order valence-corrected chi connectivity index (χ3v) is 5.52. The van der Waals surface area contributed by atoms with Crippen LogP contribution in [0, 0.1) is 0 Å². The van der Waals surface area contributed by atoms with Crippen LogP contribution in [0.4, 0.5) is 0 Å². The molecule has 3 rings (SSSR count). The maximum absolute atomic E-state index is 12.6. The van der Waals surface area contributed by atoms with Crippen molar-refractivity contribution in [1.82, 2.24) is 9.80 Å². The summed E-state index contributed by atoms with van der Waals surface area (Å²) in [6.07, 6.45) is 0.368. The number of Topliss-reactive ketones (excluding diaryl/α,β-unsaturated/α-hetero) is 1. The zero-order chi connectivity index (χ0) is 20.8. The average molecular weight is 459 g/mol. The highest BCUT2D eigenvalue weighted by molar-refractivity contribution is 9.10. The van der Waals surface area contributed by atoms with E-state index in [1.807, 2.05) is 12.1 Å². The third-order valence-electron chi connectivity index (χ3n) is 4.99. The lowest BCUT2D eigenvalue weighted by atomic mass is 10.1. The molecule has 1 heterocycles. The molecule has 2 aromatic carbocycles. The van der Waals surface area contributed by atoms with Crippen LogP contribution in [0.25, 0.3) is 0 Å². The highest BCUT2D eigenvalue weighted by atomic mass is 79.9. The van der Waals surface area contributed by atoms with E-state index in [1.165, 1.54) is 0 Å². The van der Waals surface area contributed by atoms with Crippen molar-refractivity contribution in [3.63, 3.8) is 0 Å². The van der Waals surface area contributed by atoms with E-state index >= 15 is 0 Å². The summed E-state index contributed by atoms with van der Waals surface area (Å²) in [6.45, 7) is 1.93. The van der Waals surface area contributed by atoms with E-state index in [4.69, 9.17) is 4.74 Å². The molecule has 0 saturated carbocycles. The number of rotatable bonds is 6. The van der Waals surface area contributed by atoms with Crippen LogP contribution in [-0.2, 0) is 4.79 Å². The number of piperazine rings is 1. The molecule has 0 atom stereocenters. The number of halogens is 1. The lowest BCUT2D eigenvalue weighted by Gasteiger charge is -2.35. The predicted molar refractivity (Wildman–Crippen MR) is 113 cm³/mol. The van der Waals surface area contributed by atoms with E-state index < -0.39 is 0 Å². The number of ketones is 1. The van der Waals surface area contributed by atoms with Gasteiger partial charge in [-0.05, 0) is 36.4 Å². The van der Waals surface area contributed by atoms with Crippen molar-refractivity contribution in [3.8, 4) is 5.75 Å². The van der Waals surface area contributed by atoms with Crippen LogP contribution in [0.15, 0.2) is 53.0 Å². The highest BCUT2D eigenvalue weighted by Crippen LogP contribution is 2.16. The number of benzene rings is 2. The summed E-state index contributed by atoms with van der Waals surface area (Å²) in [5.74, 6) is 0.561. The van der Waals surface area contributed by atoms with Crippen molar-refractivity contribution in [2.24, 2.45) is 0 Å². The molecule has 0 N–H and O–H groups in total. The van der Waals surface area contributed by atoms with Gasteiger partial charge >= 0.3 is 0 Å². The Labute approximate surface area is 178 Å². The molecule has 2 aromatic rings. The molecular weight excluding hydrogens is 436 g/mol. The van der Waals surface area contributed by atoms with Crippen LogP contribution in [-0.4, -0.2) is 60.7 Å². The summed E-state index contributed by atoms with van der Waals surface area (Å²) >= 11 is 3.34. The maximum atomic E-state index is 12.6. The molecule has 1 saturated heterocycles. The van der Waals surface area contributed by atoms with E-state index in [1.54, 1.807) is 53.3 Å². The molecule has 0 aliphatic carbocycles. The first kappa shape index (κ1) is 21.0. The second-order valence-corrected chi connectivity index (χ2v) is 7.75. The first-order chi connectivity index (χ1) is 14.0. The second kappa shape index (κ2) is 9.69. The zero-order valence-corrected chi connectivity index (χ0v) is 17.9. The fourth-order valence-corrected chi connectivity index (χ4v) is 3.50. The Balaban J connectivity index is 1.46. The molecule has 0 spiro atoms. The number of amides is 2.